The van der Waals surface area contributed by atoms with Crippen LogP contribution in [0.15, 0.2) is 30.3 Å². The van der Waals surface area contributed by atoms with Crippen LogP contribution in [0.25, 0.3) is 0 Å². The number of para-hydroxylation sites is 1. The molecule has 0 aliphatic carbocycles. The molecule has 1 aromatic rings. The van der Waals surface area contributed by atoms with E-state index >= 15 is 0 Å². The topological polar surface area (TPSA) is 190 Å². The number of halogens is 1. The lowest BCUT2D eigenvalue weighted by Gasteiger charge is -2.16. The fraction of sp³-hybridized carbons (Fsp3) is 0.353. The lowest BCUT2D eigenvalue weighted by Crippen LogP contribution is -3.07. The number of hydroxylamine groups is 1. The van der Waals surface area contributed by atoms with Crippen molar-refractivity contribution in [2.45, 2.75) is 24.9 Å². The predicted molar refractivity (Wildman–Crippen MR) is 104 cm³/mol. The standard InChI is InChI=1S/C17H22N4O8S.BrH/c18-11(16(25)26)6-7-13(22)20-12(9-30)15(24)19-8-14(23)29-17(27)21(28)10-4-2-1-3-5-10;/h1-5,11-12,28,30H,6-9,18H2,(H,19,24)(H,20,22)(H,25,26);1H. The quantitative estimate of drug-likeness (QED) is 0.0518. The summed E-state index contributed by atoms with van der Waals surface area (Å²) in [5.41, 5.74) is 5.45. The highest BCUT2D eigenvalue weighted by Crippen LogP contribution is 1.99. The largest absolute Gasteiger partial charge is 1.00 e. The minimum Gasteiger partial charge on any atom is -1.00 e. The lowest BCUT2D eigenvalue weighted by atomic mass is 10.1. The van der Waals surface area contributed by atoms with Crippen molar-refractivity contribution in [3.8, 4) is 0 Å². The first-order valence-corrected chi connectivity index (χ1v) is 9.31. The zero-order valence-corrected chi connectivity index (χ0v) is 18.6. The Balaban J connectivity index is 0.00000900. The maximum Gasteiger partial charge on any atom is 0.561 e. The molecule has 0 aliphatic rings. The van der Waals surface area contributed by atoms with Gasteiger partial charge in [0.1, 0.15) is 18.6 Å². The van der Waals surface area contributed by atoms with Gasteiger partial charge in [0.2, 0.25) is 11.8 Å². The molecule has 0 spiro atoms. The molecule has 0 aromatic heterocycles. The van der Waals surface area contributed by atoms with Gasteiger partial charge in [-0.1, -0.05) is 23.3 Å². The third kappa shape index (κ3) is 10.4. The van der Waals surface area contributed by atoms with Gasteiger partial charge in [-0.25, -0.2) is 10.0 Å². The molecular formula is C17H23BrN4O8S. The molecule has 0 saturated heterocycles. The average molecular weight is 523 g/mol. The Kier molecular flexibility index (Phi) is 13.3. The van der Waals surface area contributed by atoms with Crippen LogP contribution in [-0.2, 0) is 23.9 Å². The van der Waals surface area contributed by atoms with E-state index in [1.54, 1.807) is 18.2 Å². The van der Waals surface area contributed by atoms with Crippen molar-refractivity contribution in [1.82, 2.24) is 10.6 Å². The zero-order valence-electron chi connectivity index (χ0n) is 16.1. The molecule has 0 bridgehead atoms. The first kappa shape index (κ1) is 28.5. The molecule has 0 saturated carbocycles. The summed E-state index contributed by atoms with van der Waals surface area (Å²) in [6.07, 6.45) is -1.64. The predicted octanol–water partition coefficient (Wildman–Crippen LogP) is -5.02. The van der Waals surface area contributed by atoms with Crippen LogP contribution >= 0.6 is 12.6 Å². The number of hydrogen-bond donors (Lipinski definition) is 7. The second kappa shape index (κ2) is 14.5. The van der Waals surface area contributed by atoms with Gasteiger partial charge < -0.3 is 43.2 Å². The first-order valence-electron chi connectivity index (χ1n) is 8.68. The van der Waals surface area contributed by atoms with Gasteiger partial charge in [0.25, 0.3) is 0 Å². The number of carbonyl (C=O) groups excluding carboxylic acids is 4. The van der Waals surface area contributed by atoms with E-state index in [2.05, 4.69) is 28.0 Å². The second-order valence-corrected chi connectivity index (χ2v) is 6.35. The average Bonchev–Trinajstić information content (AvgIpc) is 2.73. The molecule has 0 fully saturated rings. The van der Waals surface area contributed by atoms with Crippen molar-refractivity contribution < 1.29 is 61.1 Å². The number of carboxylic acid groups (broad SMARTS) is 1. The smallest absolute Gasteiger partial charge is 0.561 e. The Morgan fingerprint density at radius 1 is 1.16 bits per heavy atom. The molecule has 1 rings (SSSR count). The Labute approximate surface area is 193 Å². The molecular weight excluding hydrogens is 500 g/mol. The number of aliphatic carboxylic acids is 1. The fourth-order valence-corrected chi connectivity index (χ4v) is 2.31. The summed E-state index contributed by atoms with van der Waals surface area (Å²) in [6.45, 7) is -0.698. The van der Waals surface area contributed by atoms with Gasteiger partial charge in [-0.3, -0.25) is 14.4 Å². The van der Waals surface area contributed by atoms with E-state index in [1.165, 1.54) is 12.1 Å². The number of hydrogen-bond acceptors (Lipinski definition) is 9. The molecule has 31 heavy (non-hydrogen) atoms. The van der Waals surface area contributed by atoms with Crippen molar-refractivity contribution in [1.29, 1.82) is 0 Å². The Morgan fingerprint density at radius 2 is 1.77 bits per heavy atom. The molecule has 3 amide bonds. The molecule has 0 heterocycles. The van der Waals surface area contributed by atoms with E-state index in [0.717, 1.165) is 0 Å². The van der Waals surface area contributed by atoms with Crippen LogP contribution < -0.4 is 38.4 Å². The second-order valence-electron chi connectivity index (χ2n) is 5.98. The Hall–Kier alpha value is -2.52. The number of nitrogens with two attached hydrogens (primary N) is 1. The summed E-state index contributed by atoms with van der Waals surface area (Å²) >= 11 is 3.94. The highest BCUT2D eigenvalue weighted by Gasteiger charge is 2.27. The van der Waals surface area contributed by atoms with Crippen molar-refractivity contribution in [3.63, 3.8) is 0 Å². The first-order chi connectivity index (χ1) is 14.1. The Bertz CT molecular complexity index is 783. The molecule has 0 radical (unpaired) electrons. The van der Waals surface area contributed by atoms with Gasteiger partial charge in [0.05, 0.1) is 0 Å². The number of nitrogens with one attached hydrogen (secondary N) is 3. The highest BCUT2D eigenvalue weighted by atomic mass is 79.9. The molecule has 3 atom stereocenters. The summed E-state index contributed by atoms with van der Waals surface area (Å²) in [7, 11) is 0. The SMILES string of the molecule is NC(CCC(=O)NC(CS)C(=O)NCC(=O)OC(=O)[NH+](O)c1ccccc1)C(=O)O.[Br-]. The van der Waals surface area contributed by atoms with Crippen molar-refractivity contribution in [2.24, 2.45) is 5.73 Å². The number of amides is 3. The number of carboxylic acids is 1. The van der Waals surface area contributed by atoms with Gasteiger partial charge in [-0.2, -0.15) is 17.4 Å². The maximum atomic E-state index is 12.1. The lowest BCUT2D eigenvalue weighted by molar-refractivity contribution is -0.967. The fourth-order valence-electron chi connectivity index (χ4n) is 2.05. The van der Waals surface area contributed by atoms with E-state index in [0.29, 0.717) is 0 Å². The molecule has 14 heteroatoms. The number of quaternary nitrogens is 1. The summed E-state index contributed by atoms with van der Waals surface area (Å²) in [5.74, 6) is -3.90. The van der Waals surface area contributed by atoms with E-state index in [9.17, 15) is 29.2 Å². The van der Waals surface area contributed by atoms with Gasteiger partial charge in [0, 0.05) is 24.3 Å². The number of esters is 1. The number of rotatable bonds is 10. The van der Waals surface area contributed by atoms with Crippen LogP contribution in [0.1, 0.15) is 12.8 Å². The number of benzene rings is 1. The van der Waals surface area contributed by atoms with Crippen LogP contribution in [0, 0.1) is 0 Å². The van der Waals surface area contributed by atoms with E-state index in [1.807, 2.05) is 0 Å². The summed E-state index contributed by atoms with van der Waals surface area (Å²) in [4.78, 5) is 57.9. The van der Waals surface area contributed by atoms with Crippen molar-refractivity contribution >= 4 is 48.2 Å². The Morgan fingerprint density at radius 3 is 2.32 bits per heavy atom. The molecule has 1 aromatic carbocycles. The number of ether oxygens (including phenoxy) is 1. The van der Waals surface area contributed by atoms with Crippen LogP contribution in [0.2, 0.25) is 0 Å². The molecule has 3 unspecified atom stereocenters. The third-order valence-corrected chi connectivity index (χ3v) is 4.05. The molecule has 0 aliphatic heterocycles. The van der Waals surface area contributed by atoms with Crippen molar-refractivity contribution in [3.05, 3.63) is 30.3 Å². The molecule has 172 valence electrons. The van der Waals surface area contributed by atoms with Gasteiger partial charge in [-0.05, 0) is 6.42 Å². The van der Waals surface area contributed by atoms with Gasteiger partial charge in [0.15, 0.2) is 5.69 Å². The minimum absolute atomic E-state index is 0. The monoisotopic (exact) mass is 522 g/mol. The van der Waals surface area contributed by atoms with E-state index in [4.69, 9.17) is 10.8 Å². The zero-order chi connectivity index (χ0) is 22.7. The summed E-state index contributed by atoms with van der Waals surface area (Å²) < 4.78 is 4.44. The van der Waals surface area contributed by atoms with Crippen LogP contribution in [0.4, 0.5) is 10.5 Å². The maximum absolute atomic E-state index is 12.1. The van der Waals surface area contributed by atoms with Gasteiger partial charge >= 0.3 is 18.0 Å². The molecule has 7 N–H and O–H groups in total. The highest BCUT2D eigenvalue weighted by molar-refractivity contribution is 7.80. The minimum atomic E-state index is -1.28. The van der Waals surface area contributed by atoms with Crippen LogP contribution in [0.5, 0.6) is 0 Å². The molecule has 12 nitrogen and oxygen atoms in total. The number of carbonyl (C=O) groups is 5. The van der Waals surface area contributed by atoms with Crippen LogP contribution in [-0.4, -0.2) is 64.5 Å². The third-order valence-electron chi connectivity index (χ3n) is 3.69. The summed E-state index contributed by atoms with van der Waals surface area (Å²) in [6, 6.07) is 5.35. The normalized spacial score (nSPS) is 13.0. The van der Waals surface area contributed by atoms with E-state index in [-0.39, 0.29) is 41.3 Å². The van der Waals surface area contributed by atoms with Crippen LogP contribution in [0.3, 0.4) is 0 Å². The number of thiol groups is 1. The van der Waals surface area contributed by atoms with E-state index < -0.39 is 53.5 Å². The van der Waals surface area contributed by atoms with Gasteiger partial charge in [-0.15, -0.1) is 0 Å². The summed E-state index contributed by atoms with van der Waals surface area (Å²) in [5, 5.41) is 22.2. The van der Waals surface area contributed by atoms with Crippen molar-refractivity contribution in [2.75, 3.05) is 12.3 Å².